The van der Waals surface area contributed by atoms with Crippen LogP contribution in [0.5, 0.6) is 0 Å². The molecule has 38 heavy (non-hydrogen) atoms. The molecule has 10 heteroatoms. The van der Waals surface area contributed by atoms with Gasteiger partial charge in [0, 0.05) is 31.0 Å². The molecule has 2 aromatic rings. The van der Waals surface area contributed by atoms with Crippen molar-refractivity contribution in [2.45, 2.75) is 51.2 Å². The molecule has 3 rings (SSSR count). The van der Waals surface area contributed by atoms with Crippen LogP contribution in [0, 0.1) is 5.92 Å². The van der Waals surface area contributed by atoms with E-state index in [1.54, 1.807) is 31.2 Å². The molecule has 0 spiro atoms. The van der Waals surface area contributed by atoms with Crippen molar-refractivity contribution in [3.63, 3.8) is 0 Å². The molecule has 1 heterocycles. The first-order chi connectivity index (χ1) is 18.0. The highest BCUT2D eigenvalue weighted by Gasteiger charge is 2.30. The molecule has 0 fully saturated rings. The fourth-order valence-electron chi connectivity index (χ4n) is 3.94. The molecule has 4 N–H and O–H groups in total. The average molecular weight is 537 g/mol. The fourth-order valence-corrected chi connectivity index (χ4v) is 5.10. The van der Waals surface area contributed by atoms with E-state index < -0.39 is 18.0 Å². The van der Waals surface area contributed by atoms with Gasteiger partial charge in [-0.3, -0.25) is 24.0 Å². The van der Waals surface area contributed by atoms with E-state index in [4.69, 9.17) is 0 Å². The van der Waals surface area contributed by atoms with Crippen molar-refractivity contribution < 1.29 is 24.0 Å². The van der Waals surface area contributed by atoms with Gasteiger partial charge in [0.15, 0.2) is 0 Å². The highest BCUT2D eigenvalue weighted by atomic mass is 32.2. The highest BCUT2D eigenvalue weighted by Crippen LogP contribution is 2.43. The SMILES string of the molecule is CNC(=O)[C@H](C)NC(=O)c1cccc2c1S/C(=C/c1cccc(CNC(=O)[C@@H](NC(C)=O)C(C)C)c1)C2=O. The van der Waals surface area contributed by atoms with Gasteiger partial charge in [-0.1, -0.05) is 49.9 Å². The number of nitrogens with one attached hydrogen (secondary N) is 4. The monoisotopic (exact) mass is 536 g/mol. The van der Waals surface area contributed by atoms with Gasteiger partial charge in [0.05, 0.1) is 10.5 Å². The second-order valence-electron chi connectivity index (χ2n) is 9.32. The van der Waals surface area contributed by atoms with Gasteiger partial charge in [-0.05, 0) is 48.2 Å². The third-order valence-electron chi connectivity index (χ3n) is 5.95. The van der Waals surface area contributed by atoms with Crippen molar-refractivity contribution in [3.05, 3.63) is 69.6 Å². The first-order valence-electron chi connectivity index (χ1n) is 12.2. The lowest BCUT2D eigenvalue weighted by Crippen LogP contribution is -2.48. The Balaban J connectivity index is 1.75. The molecule has 2 aromatic carbocycles. The number of allylic oxidation sites excluding steroid dienone is 1. The predicted octanol–water partition coefficient (Wildman–Crippen LogP) is 2.66. The van der Waals surface area contributed by atoms with Gasteiger partial charge >= 0.3 is 0 Å². The molecule has 4 amide bonds. The summed E-state index contributed by atoms with van der Waals surface area (Å²) in [6.07, 6.45) is 1.75. The summed E-state index contributed by atoms with van der Waals surface area (Å²) in [6.45, 7) is 6.94. The van der Waals surface area contributed by atoms with Crippen molar-refractivity contribution in [1.29, 1.82) is 0 Å². The molecule has 0 unspecified atom stereocenters. The Morgan fingerprint density at radius 2 is 1.68 bits per heavy atom. The number of hydrogen-bond acceptors (Lipinski definition) is 6. The Morgan fingerprint density at radius 3 is 2.34 bits per heavy atom. The molecule has 2 atom stereocenters. The number of carbonyl (C=O) groups excluding carboxylic acids is 5. The molecule has 0 saturated carbocycles. The van der Waals surface area contributed by atoms with Crippen molar-refractivity contribution in [1.82, 2.24) is 21.3 Å². The Morgan fingerprint density at radius 1 is 0.974 bits per heavy atom. The van der Waals surface area contributed by atoms with Crippen LogP contribution >= 0.6 is 11.8 Å². The standard InChI is InChI=1S/C28H32N4O5S/c1-15(2)23(32-17(4)33)28(37)30-14-19-9-6-8-18(12-19)13-22-24(34)20-10-7-11-21(25(20)38-22)27(36)31-16(3)26(35)29-5/h6-13,15-16,23H,14H2,1-5H3,(H,29,35)(H,30,37)(H,31,36)(H,32,33)/b22-13+/t16-,23-/m0/s1. The van der Waals surface area contributed by atoms with Crippen LogP contribution in [-0.2, 0) is 20.9 Å². The van der Waals surface area contributed by atoms with Gasteiger partial charge in [-0.25, -0.2) is 0 Å². The molecule has 1 aliphatic heterocycles. The molecular weight excluding hydrogens is 504 g/mol. The van der Waals surface area contributed by atoms with Crippen LogP contribution in [-0.4, -0.2) is 48.5 Å². The molecular formula is C28H32N4O5S. The smallest absolute Gasteiger partial charge is 0.253 e. The minimum Gasteiger partial charge on any atom is -0.357 e. The summed E-state index contributed by atoms with van der Waals surface area (Å²) in [5.74, 6) is -1.55. The topological polar surface area (TPSA) is 133 Å². The van der Waals surface area contributed by atoms with E-state index in [-0.39, 0.29) is 36.0 Å². The minimum absolute atomic E-state index is 0.0685. The van der Waals surface area contributed by atoms with Crippen LogP contribution < -0.4 is 21.3 Å². The van der Waals surface area contributed by atoms with Crippen LogP contribution in [0.1, 0.15) is 59.5 Å². The third-order valence-corrected chi connectivity index (χ3v) is 7.12. The van der Waals surface area contributed by atoms with Crippen LogP contribution in [0.15, 0.2) is 52.3 Å². The van der Waals surface area contributed by atoms with Crippen molar-refractivity contribution in [2.75, 3.05) is 7.05 Å². The number of Topliss-reactive ketones (excluding diaryl/α,β-unsaturated/α-hetero) is 1. The van der Waals surface area contributed by atoms with Crippen molar-refractivity contribution in [3.8, 4) is 0 Å². The van der Waals surface area contributed by atoms with Gasteiger partial charge in [0.2, 0.25) is 23.5 Å². The zero-order valence-electron chi connectivity index (χ0n) is 22.0. The number of ketones is 1. The number of thioether (sulfide) groups is 1. The molecule has 0 aliphatic carbocycles. The molecule has 0 saturated heterocycles. The predicted molar refractivity (Wildman–Crippen MR) is 146 cm³/mol. The summed E-state index contributed by atoms with van der Waals surface area (Å²) in [5, 5.41) is 10.7. The second kappa shape index (κ2) is 12.6. The number of benzene rings is 2. The molecule has 200 valence electrons. The van der Waals surface area contributed by atoms with E-state index >= 15 is 0 Å². The lowest BCUT2D eigenvalue weighted by Gasteiger charge is -2.21. The minimum atomic E-state index is -0.724. The van der Waals surface area contributed by atoms with E-state index in [2.05, 4.69) is 21.3 Å². The largest absolute Gasteiger partial charge is 0.357 e. The summed E-state index contributed by atoms with van der Waals surface area (Å²) >= 11 is 1.21. The first-order valence-corrected chi connectivity index (χ1v) is 13.1. The van der Waals surface area contributed by atoms with Crippen LogP contribution in [0.4, 0.5) is 0 Å². The van der Waals surface area contributed by atoms with Gasteiger partial charge in [-0.15, -0.1) is 0 Å². The van der Waals surface area contributed by atoms with Gasteiger partial charge in [-0.2, -0.15) is 0 Å². The van der Waals surface area contributed by atoms with E-state index in [0.717, 1.165) is 11.1 Å². The normalized spacial score (nSPS) is 15.0. The second-order valence-corrected chi connectivity index (χ2v) is 10.4. The molecule has 0 bridgehead atoms. The van der Waals surface area contributed by atoms with Crippen molar-refractivity contribution >= 4 is 47.2 Å². The van der Waals surface area contributed by atoms with Gasteiger partial charge in [0.25, 0.3) is 5.91 Å². The van der Waals surface area contributed by atoms with E-state index in [0.29, 0.717) is 20.9 Å². The maximum absolute atomic E-state index is 13.1. The summed E-state index contributed by atoms with van der Waals surface area (Å²) in [4.78, 5) is 62.8. The van der Waals surface area contributed by atoms with Crippen LogP contribution in [0.2, 0.25) is 0 Å². The molecule has 9 nitrogen and oxygen atoms in total. The maximum atomic E-state index is 13.1. The Bertz CT molecular complexity index is 1300. The number of amides is 4. The summed E-state index contributed by atoms with van der Waals surface area (Å²) in [6, 6.07) is 11.0. The van der Waals surface area contributed by atoms with Gasteiger partial charge < -0.3 is 21.3 Å². The highest BCUT2D eigenvalue weighted by molar-refractivity contribution is 8.05. The van der Waals surface area contributed by atoms with E-state index in [1.165, 1.54) is 25.7 Å². The molecule has 0 radical (unpaired) electrons. The molecule has 1 aliphatic rings. The Kier molecular flexibility index (Phi) is 9.46. The summed E-state index contributed by atoms with van der Waals surface area (Å²) in [5.41, 5.74) is 2.36. The number of likely N-dealkylation sites (N-methyl/N-ethyl adjacent to an activating group) is 1. The van der Waals surface area contributed by atoms with E-state index in [1.807, 2.05) is 38.1 Å². The third kappa shape index (κ3) is 6.89. The van der Waals surface area contributed by atoms with Crippen LogP contribution in [0.25, 0.3) is 6.08 Å². The first kappa shape index (κ1) is 28.6. The number of carbonyl (C=O) groups is 5. The van der Waals surface area contributed by atoms with Gasteiger partial charge in [0.1, 0.15) is 12.1 Å². The fraction of sp³-hybridized carbons (Fsp3) is 0.321. The van der Waals surface area contributed by atoms with E-state index in [9.17, 15) is 24.0 Å². The quantitative estimate of drug-likeness (QED) is 0.364. The zero-order valence-corrected chi connectivity index (χ0v) is 22.8. The lowest BCUT2D eigenvalue weighted by atomic mass is 10.0. The zero-order chi connectivity index (χ0) is 28.0. The number of rotatable bonds is 9. The summed E-state index contributed by atoms with van der Waals surface area (Å²) in [7, 11) is 1.49. The molecule has 0 aromatic heterocycles. The van der Waals surface area contributed by atoms with Crippen LogP contribution in [0.3, 0.4) is 0 Å². The number of hydrogen-bond donors (Lipinski definition) is 4. The Hall–Kier alpha value is -3.92. The summed E-state index contributed by atoms with van der Waals surface area (Å²) < 4.78 is 0. The maximum Gasteiger partial charge on any atom is 0.253 e. The Labute approximate surface area is 226 Å². The number of fused-ring (bicyclic) bond motifs is 1. The lowest BCUT2D eigenvalue weighted by molar-refractivity contribution is -0.129. The van der Waals surface area contributed by atoms with Crippen molar-refractivity contribution in [2.24, 2.45) is 5.92 Å². The average Bonchev–Trinajstić information content (AvgIpc) is 3.20.